The van der Waals surface area contributed by atoms with E-state index in [0.29, 0.717) is 18.7 Å². The van der Waals surface area contributed by atoms with Crippen LogP contribution in [0.3, 0.4) is 0 Å². The number of nitrogens with zero attached hydrogens (tertiary/aromatic N) is 3. The summed E-state index contributed by atoms with van der Waals surface area (Å²) in [5.41, 5.74) is 3.54. The topological polar surface area (TPSA) is 58.4 Å². The molecule has 1 saturated heterocycles. The van der Waals surface area contributed by atoms with Crippen molar-refractivity contribution in [1.82, 2.24) is 14.7 Å². The Kier molecular flexibility index (Phi) is 3.98. The lowest BCUT2D eigenvalue weighted by molar-refractivity contribution is 0.0473. The van der Waals surface area contributed by atoms with Gasteiger partial charge in [-0.25, -0.2) is 4.68 Å². The number of β-amino-alcohol motifs (C(OH)–C–C–N with tert-alkyl or cyclic N) is 1. The second kappa shape index (κ2) is 5.93. The Bertz CT molecular complexity index is 693. The van der Waals surface area contributed by atoms with Gasteiger partial charge in [-0.05, 0) is 38.3 Å². The standard InChI is InChI=1S/C17H21N3O2/c1-12-6-3-4-8-16(12)20-13(2)15(10-18-20)17(22)19-9-5-7-14(21)11-19/h3-4,6,8,10,14,21H,5,7,9,11H2,1-2H3. The summed E-state index contributed by atoms with van der Waals surface area (Å²) < 4.78 is 1.81. The van der Waals surface area contributed by atoms with Gasteiger partial charge < -0.3 is 10.0 Å². The lowest BCUT2D eigenvalue weighted by atomic mass is 10.1. The summed E-state index contributed by atoms with van der Waals surface area (Å²) in [5, 5.41) is 14.1. The van der Waals surface area contributed by atoms with Gasteiger partial charge in [0.2, 0.25) is 0 Å². The Balaban J connectivity index is 1.90. The van der Waals surface area contributed by atoms with Crippen LogP contribution in [0.2, 0.25) is 0 Å². The molecule has 5 heteroatoms. The number of aryl methyl sites for hydroxylation is 1. The zero-order chi connectivity index (χ0) is 15.7. The molecule has 0 aliphatic carbocycles. The predicted molar refractivity (Wildman–Crippen MR) is 84.2 cm³/mol. The number of amides is 1. The van der Waals surface area contributed by atoms with Crippen molar-refractivity contribution in [2.75, 3.05) is 13.1 Å². The minimum Gasteiger partial charge on any atom is -0.391 e. The number of piperidine rings is 1. The van der Waals surface area contributed by atoms with E-state index in [2.05, 4.69) is 5.10 Å². The van der Waals surface area contributed by atoms with Gasteiger partial charge in [-0.1, -0.05) is 18.2 Å². The summed E-state index contributed by atoms with van der Waals surface area (Å²) >= 11 is 0. The monoisotopic (exact) mass is 299 g/mol. The molecule has 0 saturated carbocycles. The number of aliphatic hydroxyl groups is 1. The van der Waals surface area contributed by atoms with Crippen LogP contribution in [0.4, 0.5) is 0 Å². The zero-order valence-electron chi connectivity index (χ0n) is 13.0. The number of aromatic nitrogens is 2. The molecule has 1 aliphatic heterocycles. The molecule has 0 bridgehead atoms. The molecule has 1 fully saturated rings. The second-order valence-corrected chi connectivity index (χ2v) is 5.89. The molecule has 0 spiro atoms. The number of aliphatic hydroxyl groups excluding tert-OH is 1. The average molecular weight is 299 g/mol. The van der Waals surface area contributed by atoms with Crippen molar-refractivity contribution in [3.8, 4) is 5.69 Å². The Morgan fingerprint density at radius 3 is 2.82 bits per heavy atom. The van der Waals surface area contributed by atoms with Gasteiger partial charge in [-0.15, -0.1) is 0 Å². The van der Waals surface area contributed by atoms with E-state index < -0.39 is 6.10 Å². The molecule has 22 heavy (non-hydrogen) atoms. The molecule has 2 aromatic rings. The van der Waals surface area contributed by atoms with Crippen LogP contribution in [0, 0.1) is 13.8 Å². The largest absolute Gasteiger partial charge is 0.391 e. The van der Waals surface area contributed by atoms with Gasteiger partial charge in [0.25, 0.3) is 5.91 Å². The van der Waals surface area contributed by atoms with E-state index in [1.54, 1.807) is 11.1 Å². The first-order chi connectivity index (χ1) is 10.6. The Morgan fingerprint density at radius 2 is 2.09 bits per heavy atom. The first-order valence-corrected chi connectivity index (χ1v) is 7.66. The van der Waals surface area contributed by atoms with E-state index in [4.69, 9.17) is 0 Å². The van der Waals surface area contributed by atoms with Crippen LogP contribution in [0.25, 0.3) is 5.69 Å². The molecular weight excluding hydrogens is 278 g/mol. The van der Waals surface area contributed by atoms with Gasteiger partial charge in [0, 0.05) is 13.1 Å². The smallest absolute Gasteiger partial charge is 0.257 e. The molecule has 1 aliphatic rings. The van der Waals surface area contributed by atoms with E-state index in [-0.39, 0.29) is 5.91 Å². The maximum Gasteiger partial charge on any atom is 0.257 e. The predicted octanol–water partition coefficient (Wildman–Crippen LogP) is 2.09. The first-order valence-electron chi connectivity index (χ1n) is 7.66. The Morgan fingerprint density at radius 1 is 1.32 bits per heavy atom. The molecule has 3 rings (SSSR count). The maximum atomic E-state index is 12.7. The first kappa shape index (κ1) is 14.8. The summed E-state index contributed by atoms with van der Waals surface area (Å²) in [5.74, 6) is -0.0453. The number of likely N-dealkylation sites (tertiary alicyclic amines) is 1. The molecule has 1 aromatic heterocycles. The van der Waals surface area contributed by atoms with E-state index in [0.717, 1.165) is 29.8 Å². The highest BCUT2D eigenvalue weighted by Gasteiger charge is 2.26. The van der Waals surface area contributed by atoms with E-state index in [9.17, 15) is 9.90 Å². The van der Waals surface area contributed by atoms with Crippen molar-refractivity contribution in [3.05, 3.63) is 47.3 Å². The molecule has 116 valence electrons. The second-order valence-electron chi connectivity index (χ2n) is 5.89. The van der Waals surface area contributed by atoms with Crippen LogP contribution in [-0.4, -0.2) is 44.9 Å². The number of carbonyl (C=O) groups is 1. The van der Waals surface area contributed by atoms with Crippen LogP contribution in [0.5, 0.6) is 0 Å². The SMILES string of the molecule is Cc1ccccc1-n1ncc(C(=O)N2CCCC(O)C2)c1C. The van der Waals surface area contributed by atoms with Crippen LogP contribution < -0.4 is 0 Å². The highest BCUT2D eigenvalue weighted by molar-refractivity contribution is 5.95. The quantitative estimate of drug-likeness (QED) is 0.923. The third-order valence-electron chi connectivity index (χ3n) is 4.27. The van der Waals surface area contributed by atoms with Crippen LogP contribution >= 0.6 is 0 Å². The van der Waals surface area contributed by atoms with Crippen molar-refractivity contribution in [2.24, 2.45) is 0 Å². The molecule has 1 unspecified atom stereocenters. The molecule has 1 N–H and O–H groups in total. The lowest BCUT2D eigenvalue weighted by Gasteiger charge is -2.30. The highest BCUT2D eigenvalue weighted by Crippen LogP contribution is 2.20. The molecule has 1 atom stereocenters. The number of hydrogen-bond donors (Lipinski definition) is 1. The van der Waals surface area contributed by atoms with Crippen LogP contribution in [0.15, 0.2) is 30.5 Å². The fraction of sp³-hybridized carbons (Fsp3) is 0.412. The molecule has 2 heterocycles. The van der Waals surface area contributed by atoms with Crippen molar-refractivity contribution in [3.63, 3.8) is 0 Å². The van der Waals surface area contributed by atoms with Gasteiger partial charge in [-0.3, -0.25) is 4.79 Å². The fourth-order valence-electron chi connectivity index (χ4n) is 2.97. The zero-order valence-corrected chi connectivity index (χ0v) is 13.0. The van der Waals surface area contributed by atoms with Gasteiger partial charge in [0.15, 0.2) is 0 Å². The third kappa shape index (κ3) is 2.64. The maximum absolute atomic E-state index is 12.7. The van der Waals surface area contributed by atoms with Crippen LogP contribution in [0.1, 0.15) is 34.5 Å². The molecule has 1 amide bonds. The van der Waals surface area contributed by atoms with Crippen molar-refractivity contribution < 1.29 is 9.90 Å². The number of para-hydroxylation sites is 1. The van der Waals surface area contributed by atoms with Crippen molar-refractivity contribution in [2.45, 2.75) is 32.8 Å². The number of benzene rings is 1. The minimum atomic E-state index is -0.413. The van der Waals surface area contributed by atoms with Crippen LogP contribution in [-0.2, 0) is 0 Å². The molecular formula is C17H21N3O2. The lowest BCUT2D eigenvalue weighted by Crippen LogP contribution is -2.42. The summed E-state index contributed by atoms with van der Waals surface area (Å²) in [7, 11) is 0. The summed E-state index contributed by atoms with van der Waals surface area (Å²) in [6.45, 7) is 5.05. The summed E-state index contributed by atoms with van der Waals surface area (Å²) in [6.07, 6.45) is 2.83. The summed E-state index contributed by atoms with van der Waals surface area (Å²) in [4.78, 5) is 14.4. The molecule has 1 aromatic carbocycles. The Hall–Kier alpha value is -2.14. The average Bonchev–Trinajstić information content (AvgIpc) is 2.88. The van der Waals surface area contributed by atoms with Gasteiger partial charge in [0.05, 0.1) is 29.2 Å². The van der Waals surface area contributed by atoms with Crippen molar-refractivity contribution >= 4 is 5.91 Å². The van der Waals surface area contributed by atoms with E-state index in [1.165, 1.54) is 0 Å². The number of hydrogen-bond acceptors (Lipinski definition) is 3. The third-order valence-corrected chi connectivity index (χ3v) is 4.27. The number of carbonyl (C=O) groups excluding carboxylic acids is 1. The van der Waals surface area contributed by atoms with E-state index >= 15 is 0 Å². The van der Waals surface area contributed by atoms with Gasteiger partial charge in [-0.2, -0.15) is 5.10 Å². The molecule has 5 nitrogen and oxygen atoms in total. The minimum absolute atomic E-state index is 0.0453. The Labute approximate surface area is 130 Å². The fourth-order valence-corrected chi connectivity index (χ4v) is 2.97. The van der Waals surface area contributed by atoms with Crippen molar-refractivity contribution in [1.29, 1.82) is 0 Å². The van der Waals surface area contributed by atoms with Gasteiger partial charge in [0.1, 0.15) is 0 Å². The van der Waals surface area contributed by atoms with E-state index in [1.807, 2.05) is 42.8 Å². The van der Waals surface area contributed by atoms with Gasteiger partial charge >= 0.3 is 0 Å². The highest BCUT2D eigenvalue weighted by atomic mass is 16.3. The molecule has 0 radical (unpaired) electrons. The normalized spacial score (nSPS) is 18.5. The number of rotatable bonds is 2. The summed E-state index contributed by atoms with van der Waals surface area (Å²) in [6, 6.07) is 7.97.